The number of anilines is 2. The first kappa shape index (κ1) is 32.0. The summed E-state index contributed by atoms with van der Waals surface area (Å²) < 4.78 is 10.6. The number of hydrogen-bond donors (Lipinski definition) is 4. The van der Waals surface area contributed by atoms with Gasteiger partial charge in [-0.15, -0.1) is 0 Å². The van der Waals surface area contributed by atoms with Crippen molar-refractivity contribution in [1.82, 2.24) is 0 Å². The number of ether oxygens (including phenoxy) is 2. The Labute approximate surface area is 246 Å². The van der Waals surface area contributed by atoms with Gasteiger partial charge in [0.2, 0.25) is 0 Å². The highest BCUT2D eigenvalue weighted by Gasteiger charge is 2.36. The van der Waals surface area contributed by atoms with Gasteiger partial charge >= 0.3 is 0 Å². The molecule has 4 atom stereocenters. The van der Waals surface area contributed by atoms with Crippen LogP contribution >= 0.6 is 23.2 Å². The van der Waals surface area contributed by atoms with E-state index in [2.05, 4.69) is 22.8 Å². The Morgan fingerprint density at radius 1 is 0.800 bits per heavy atom. The van der Waals surface area contributed by atoms with Crippen molar-refractivity contribution >= 4 is 34.6 Å². The van der Waals surface area contributed by atoms with Gasteiger partial charge in [0, 0.05) is 24.6 Å². The van der Waals surface area contributed by atoms with Gasteiger partial charge in [-0.1, -0.05) is 37.0 Å². The summed E-state index contributed by atoms with van der Waals surface area (Å²) in [6.07, 6.45) is 2.91. The van der Waals surface area contributed by atoms with Crippen molar-refractivity contribution in [3.63, 3.8) is 0 Å². The van der Waals surface area contributed by atoms with E-state index >= 15 is 0 Å². The quantitative estimate of drug-likeness (QED) is 0.350. The molecule has 0 aliphatic carbocycles. The van der Waals surface area contributed by atoms with Crippen molar-refractivity contribution in [3.8, 4) is 12.1 Å². The van der Waals surface area contributed by atoms with Crippen LogP contribution in [-0.4, -0.2) is 59.9 Å². The molecule has 0 amide bonds. The maximum atomic E-state index is 10.4. The van der Waals surface area contributed by atoms with Crippen LogP contribution in [0.25, 0.3) is 0 Å². The Kier molecular flexibility index (Phi) is 11.1. The standard InChI is InChI=1S/2C15H19ClN2O2/c2*1-3-11-12(5-4-10(8-17)14(11)16)18-13-6-7-20-9-15(13,2)19/h2*4-5,13,18-19H,3,6-7,9H2,1-2H3. The van der Waals surface area contributed by atoms with Gasteiger partial charge < -0.3 is 30.3 Å². The van der Waals surface area contributed by atoms with E-state index < -0.39 is 11.2 Å². The molecule has 4 unspecified atom stereocenters. The summed E-state index contributed by atoms with van der Waals surface area (Å²) in [5.41, 5.74) is 2.71. The van der Waals surface area contributed by atoms with Crippen molar-refractivity contribution in [2.24, 2.45) is 0 Å². The van der Waals surface area contributed by atoms with Crippen LogP contribution < -0.4 is 10.6 Å². The Morgan fingerprint density at radius 3 is 1.48 bits per heavy atom. The summed E-state index contributed by atoms with van der Waals surface area (Å²) in [5, 5.41) is 46.5. The van der Waals surface area contributed by atoms with Crippen molar-refractivity contribution in [2.75, 3.05) is 37.1 Å². The van der Waals surface area contributed by atoms with Crippen molar-refractivity contribution < 1.29 is 19.7 Å². The van der Waals surface area contributed by atoms with Crippen LogP contribution in [0.2, 0.25) is 10.0 Å². The van der Waals surface area contributed by atoms with E-state index in [1.54, 1.807) is 26.0 Å². The van der Waals surface area contributed by atoms with Crippen molar-refractivity contribution in [3.05, 3.63) is 56.6 Å². The number of rotatable bonds is 6. The van der Waals surface area contributed by atoms with Crippen molar-refractivity contribution in [2.45, 2.75) is 76.7 Å². The smallest absolute Gasteiger partial charge is 0.105 e. The van der Waals surface area contributed by atoms with E-state index in [0.717, 1.165) is 48.2 Å². The normalized spacial score (nSPS) is 26.1. The van der Waals surface area contributed by atoms with Gasteiger partial charge in [-0.3, -0.25) is 0 Å². The fourth-order valence-electron chi connectivity index (χ4n) is 4.99. The predicted octanol–water partition coefficient (Wildman–Crippen LogP) is 5.45. The first-order valence-electron chi connectivity index (χ1n) is 13.5. The molecule has 4 rings (SSSR count). The monoisotopic (exact) mass is 588 g/mol. The lowest BCUT2D eigenvalue weighted by molar-refractivity contribution is -0.0813. The van der Waals surface area contributed by atoms with Gasteiger partial charge in [0.05, 0.1) is 46.5 Å². The SMILES string of the molecule is CCc1c(NC2CCOCC2(C)O)ccc(C#N)c1Cl.CCc1c(NC2CCOCC2(C)O)ccc(C#N)c1Cl. The highest BCUT2D eigenvalue weighted by Crippen LogP contribution is 2.33. The molecule has 2 aromatic rings. The average molecular weight is 590 g/mol. The highest BCUT2D eigenvalue weighted by atomic mass is 35.5. The summed E-state index contributed by atoms with van der Waals surface area (Å²) in [6.45, 7) is 9.40. The van der Waals surface area contributed by atoms with Gasteiger partial charge in [-0.25, -0.2) is 0 Å². The molecule has 2 aliphatic heterocycles. The Hall–Kier alpha value is -2.56. The molecular weight excluding hydrogens is 551 g/mol. The third kappa shape index (κ3) is 7.39. The first-order valence-corrected chi connectivity index (χ1v) is 14.3. The minimum atomic E-state index is -0.913. The maximum Gasteiger partial charge on any atom is 0.105 e. The van der Waals surface area contributed by atoms with Crippen LogP contribution in [0.1, 0.15) is 62.8 Å². The number of nitrogens with zero attached hydrogens (tertiary/aromatic N) is 2. The summed E-state index contributed by atoms with van der Waals surface area (Å²) in [7, 11) is 0. The van der Waals surface area contributed by atoms with E-state index in [4.69, 9.17) is 43.2 Å². The number of halogens is 2. The van der Waals surface area contributed by atoms with Gasteiger partial charge in [0.1, 0.15) is 23.3 Å². The molecule has 0 aromatic heterocycles. The molecule has 10 heteroatoms. The molecule has 0 spiro atoms. The zero-order valence-electron chi connectivity index (χ0n) is 23.5. The Bertz CT molecular complexity index is 1170. The lowest BCUT2D eigenvalue weighted by Gasteiger charge is -2.38. The molecule has 2 saturated heterocycles. The van der Waals surface area contributed by atoms with E-state index in [-0.39, 0.29) is 12.1 Å². The molecule has 40 heavy (non-hydrogen) atoms. The van der Waals surface area contributed by atoms with E-state index in [1.165, 1.54) is 0 Å². The van der Waals surface area contributed by atoms with Crippen molar-refractivity contribution in [1.29, 1.82) is 10.5 Å². The fraction of sp³-hybridized carbons (Fsp3) is 0.533. The summed E-state index contributed by atoms with van der Waals surface area (Å²) in [5.74, 6) is 0. The van der Waals surface area contributed by atoms with Gasteiger partial charge in [-0.05, 0) is 74.9 Å². The molecule has 0 saturated carbocycles. The van der Waals surface area contributed by atoms with Gasteiger partial charge in [0.15, 0.2) is 0 Å². The number of nitrogens with one attached hydrogen (secondary N) is 2. The molecule has 4 N–H and O–H groups in total. The minimum absolute atomic E-state index is 0.0921. The number of benzene rings is 2. The molecule has 8 nitrogen and oxygen atoms in total. The molecule has 2 aromatic carbocycles. The molecule has 2 fully saturated rings. The second-order valence-electron chi connectivity index (χ2n) is 10.6. The van der Waals surface area contributed by atoms with Crippen LogP contribution in [0.15, 0.2) is 24.3 Å². The zero-order valence-corrected chi connectivity index (χ0v) is 25.0. The number of hydrogen-bond acceptors (Lipinski definition) is 8. The van der Waals surface area contributed by atoms with Crippen LogP contribution in [-0.2, 0) is 22.3 Å². The van der Waals surface area contributed by atoms with Gasteiger partial charge in [0.25, 0.3) is 0 Å². The molecular formula is C30H38Cl2N4O4. The second-order valence-corrected chi connectivity index (χ2v) is 11.4. The molecule has 216 valence electrons. The largest absolute Gasteiger partial charge is 0.386 e. The minimum Gasteiger partial charge on any atom is -0.386 e. The number of nitriles is 2. The maximum absolute atomic E-state index is 10.4. The lowest BCUT2D eigenvalue weighted by atomic mass is 9.92. The Morgan fingerprint density at radius 2 is 1.18 bits per heavy atom. The molecule has 0 bridgehead atoms. The second kappa shape index (κ2) is 13.9. The predicted molar refractivity (Wildman–Crippen MR) is 158 cm³/mol. The van der Waals surface area contributed by atoms with Gasteiger partial charge in [-0.2, -0.15) is 10.5 Å². The lowest BCUT2D eigenvalue weighted by Crippen LogP contribution is -2.52. The van der Waals surface area contributed by atoms with E-state index in [1.807, 2.05) is 26.0 Å². The van der Waals surface area contributed by atoms with E-state index in [0.29, 0.717) is 47.6 Å². The summed E-state index contributed by atoms with van der Waals surface area (Å²) >= 11 is 12.5. The fourth-order valence-corrected chi connectivity index (χ4v) is 5.67. The zero-order chi connectivity index (χ0) is 29.5. The molecule has 2 heterocycles. The van der Waals surface area contributed by atoms with Crippen LogP contribution in [0.5, 0.6) is 0 Å². The average Bonchev–Trinajstić information content (AvgIpc) is 2.92. The van der Waals surface area contributed by atoms with Crippen LogP contribution in [0.3, 0.4) is 0 Å². The van der Waals surface area contributed by atoms with E-state index in [9.17, 15) is 10.2 Å². The Balaban J connectivity index is 0.000000220. The third-order valence-corrected chi connectivity index (χ3v) is 8.35. The topological polar surface area (TPSA) is 131 Å². The third-order valence-electron chi connectivity index (χ3n) is 7.49. The highest BCUT2D eigenvalue weighted by molar-refractivity contribution is 6.33. The van der Waals surface area contributed by atoms with Crippen LogP contribution in [0, 0.1) is 22.7 Å². The summed E-state index contributed by atoms with van der Waals surface area (Å²) in [6, 6.07) is 11.1. The molecule has 0 radical (unpaired) electrons. The van der Waals surface area contributed by atoms with Crippen LogP contribution in [0.4, 0.5) is 11.4 Å². The summed E-state index contributed by atoms with van der Waals surface area (Å²) in [4.78, 5) is 0. The number of aliphatic hydroxyl groups is 2. The first-order chi connectivity index (χ1) is 19.0. The molecule has 2 aliphatic rings.